The molecule has 0 radical (unpaired) electrons. The normalized spacial score (nSPS) is 19.6. The summed E-state index contributed by atoms with van der Waals surface area (Å²) in [6.07, 6.45) is -3.92. The Labute approximate surface area is 272 Å². The van der Waals surface area contributed by atoms with E-state index in [2.05, 4.69) is 13.8 Å². The van der Waals surface area contributed by atoms with E-state index in [1.54, 1.807) is 56.0 Å². The fourth-order valence-corrected chi connectivity index (χ4v) is 6.77. The number of methoxy groups -OCH3 is 2. The summed E-state index contributed by atoms with van der Waals surface area (Å²) in [7, 11) is 2.77. The van der Waals surface area contributed by atoms with Gasteiger partial charge < -0.3 is 14.2 Å². The smallest absolute Gasteiger partial charge is 0.416 e. The molecular formula is C37H39F4NO5. The van der Waals surface area contributed by atoms with Gasteiger partial charge in [0.2, 0.25) is 0 Å². The van der Waals surface area contributed by atoms with Crippen molar-refractivity contribution in [2.75, 3.05) is 20.8 Å². The number of allylic oxidation sites excluding steroid dienone is 1. The molecule has 47 heavy (non-hydrogen) atoms. The van der Waals surface area contributed by atoms with Crippen molar-refractivity contribution >= 4 is 17.6 Å². The fraction of sp³-hybridized carbons (Fsp3) is 0.405. The number of hydrogen-bond acceptors (Lipinski definition) is 5. The number of hydrogen-bond donors (Lipinski definition) is 0. The van der Waals surface area contributed by atoms with Crippen LogP contribution < -0.4 is 4.74 Å². The minimum atomic E-state index is -4.53. The van der Waals surface area contributed by atoms with E-state index in [-0.39, 0.29) is 17.5 Å². The molecule has 3 aromatic rings. The van der Waals surface area contributed by atoms with Crippen molar-refractivity contribution in [1.82, 2.24) is 4.90 Å². The molecule has 1 saturated heterocycles. The van der Waals surface area contributed by atoms with Gasteiger partial charge in [0.25, 0.3) is 0 Å². The molecule has 0 aromatic heterocycles. The van der Waals surface area contributed by atoms with Gasteiger partial charge >= 0.3 is 18.2 Å². The molecular weight excluding hydrogens is 614 g/mol. The number of amides is 1. The van der Waals surface area contributed by atoms with Gasteiger partial charge in [0.15, 0.2) is 0 Å². The van der Waals surface area contributed by atoms with Crippen molar-refractivity contribution < 1.29 is 41.4 Å². The molecule has 1 fully saturated rings. The molecule has 0 unspecified atom stereocenters. The van der Waals surface area contributed by atoms with Crippen molar-refractivity contribution in [1.29, 1.82) is 0 Å². The highest BCUT2D eigenvalue weighted by Gasteiger charge is 2.42. The monoisotopic (exact) mass is 653 g/mol. The first kappa shape index (κ1) is 34.0. The molecule has 1 heterocycles. The van der Waals surface area contributed by atoms with Gasteiger partial charge in [-0.05, 0) is 104 Å². The first-order valence-electron chi connectivity index (χ1n) is 15.5. The van der Waals surface area contributed by atoms with Gasteiger partial charge in [-0.25, -0.2) is 14.0 Å². The summed E-state index contributed by atoms with van der Waals surface area (Å²) in [5, 5.41) is 0. The van der Waals surface area contributed by atoms with Crippen molar-refractivity contribution in [2.45, 2.75) is 72.2 Å². The Morgan fingerprint density at radius 1 is 1.02 bits per heavy atom. The minimum Gasteiger partial charge on any atom is -0.496 e. The summed E-state index contributed by atoms with van der Waals surface area (Å²) in [5.74, 6) is -0.638. The summed E-state index contributed by atoms with van der Waals surface area (Å²) in [6.45, 7) is 9.62. The SMILES string of the molecule is COC(=O)c1ccc(-c2cc(C3=C(CN4C(=O)O[C@H](c5cc(C)cc(C(F)(F)F)c5)[C@@H]4C)CC(C)(C)CC3)c(OC)cc2F)c(C)c1. The number of carbonyl (C=O) groups excluding carboxylic acids is 2. The maximum Gasteiger partial charge on any atom is 0.416 e. The second-order valence-electron chi connectivity index (χ2n) is 13.3. The Bertz CT molecular complexity index is 1760. The van der Waals surface area contributed by atoms with Crippen LogP contribution in [-0.2, 0) is 15.7 Å². The zero-order valence-electron chi connectivity index (χ0n) is 27.6. The van der Waals surface area contributed by atoms with E-state index in [9.17, 15) is 22.8 Å². The summed E-state index contributed by atoms with van der Waals surface area (Å²) in [5.41, 5.74) is 4.36. The van der Waals surface area contributed by atoms with Gasteiger partial charge in [-0.2, -0.15) is 13.2 Å². The average Bonchev–Trinajstić information content (AvgIpc) is 3.28. The lowest BCUT2D eigenvalue weighted by Gasteiger charge is -2.36. The number of ether oxygens (including phenoxy) is 3. The van der Waals surface area contributed by atoms with E-state index in [4.69, 9.17) is 14.2 Å². The molecule has 10 heteroatoms. The topological polar surface area (TPSA) is 65.1 Å². The van der Waals surface area contributed by atoms with Crippen LogP contribution in [-0.4, -0.2) is 43.8 Å². The maximum atomic E-state index is 15.6. The van der Waals surface area contributed by atoms with Gasteiger partial charge in [0.05, 0.1) is 31.4 Å². The Balaban J connectivity index is 1.56. The quantitative estimate of drug-likeness (QED) is 0.188. The van der Waals surface area contributed by atoms with Crippen LogP contribution in [0.1, 0.15) is 84.3 Å². The van der Waals surface area contributed by atoms with Crippen LogP contribution in [0.15, 0.2) is 54.1 Å². The molecule has 5 rings (SSSR count). The molecule has 3 aromatic carbocycles. The van der Waals surface area contributed by atoms with Crippen molar-refractivity contribution in [2.24, 2.45) is 5.41 Å². The van der Waals surface area contributed by atoms with E-state index >= 15 is 4.39 Å². The molecule has 1 aliphatic carbocycles. The lowest BCUT2D eigenvalue weighted by molar-refractivity contribution is -0.137. The lowest BCUT2D eigenvalue weighted by atomic mass is 9.72. The number of rotatable bonds is 7. The first-order chi connectivity index (χ1) is 22.0. The Morgan fingerprint density at radius 3 is 2.38 bits per heavy atom. The van der Waals surface area contributed by atoms with Crippen molar-refractivity contribution in [3.8, 4) is 16.9 Å². The zero-order valence-corrected chi connectivity index (χ0v) is 27.6. The number of halogens is 4. The fourth-order valence-electron chi connectivity index (χ4n) is 6.77. The summed E-state index contributed by atoms with van der Waals surface area (Å²) in [4.78, 5) is 26.9. The number of alkyl halides is 3. The number of benzene rings is 3. The standard InChI is InChI=1S/C37H39F4NO5/c1-20-12-24(15-26(13-20)37(39,40)41)33-22(3)42(35(44)47-33)19-25-18-36(4,5)11-10-28(25)30-16-29(31(38)17-32(30)45-6)27-9-8-23(14-21(27)2)34(43)46-7/h8-9,12-17,22,33H,10-11,18-19H2,1-7H3/t22-,33-/m0/s1. The molecule has 1 aliphatic heterocycles. The van der Waals surface area contributed by atoms with Crippen LogP contribution in [0.3, 0.4) is 0 Å². The molecule has 1 amide bonds. The van der Waals surface area contributed by atoms with Crippen LogP contribution in [0.4, 0.5) is 22.4 Å². The van der Waals surface area contributed by atoms with Crippen LogP contribution >= 0.6 is 0 Å². The number of esters is 1. The molecule has 2 aliphatic rings. The largest absolute Gasteiger partial charge is 0.496 e. The molecule has 250 valence electrons. The average molecular weight is 654 g/mol. The molecule has 0 spiro atoms. The van der Waals surface area contributed by atoms with Gasteiger partial charge in [-0.1, -0.05) is 31.5 Å². The summed E-state index contributed by atoms with van der Waals surface area (Å²) < 4.78 is 72.6. The van der Waals surface area contributed by atoms with Crippen molar-refractivity contribution in [3.63, 3.8) is 0 Å². The molecule has 0 bridgehead atoms. The Morgan fingerprint density at radius 2 is 1.74 bits per heavy atom. The van der Waals surface area contributed by atoms with E-state index < -0.39 is 41.8 Å². The number of carbonyl (C=O) groups is 2. The van der Waals surface area contributed by atoms with Crippen LogP contribution in [0.25, 0.3) is 16.7 Å². The molecule has 0 N–H and O–H groups in total. The molecule has 6 nitrogen and oxygen atoms in total. The number of aryl methyl sites for hydroxylation is 2. The first-order valence-corrected chi connectivity index (χ1v) is 15.5. The van der Waals surface area contributed by atoms with Gasteiger partial charge in [0, 0.05) is 23.7 Å². The second-order valence-corrected chi connectivity index (χ2v) is 13.3. The second kappa shape index (κ2) is 12.7. The predicted octanol–water partition coefficient (Wildman–Crippen LogP) is 9.47. The van der Waals surface area contributed by atoms with Gasteiger partial charge in [0.1, 0.15) is 17.7 Å². The maximum absolute atomic E-state index is 15.6. The summed E-state index contributed by atoms with van der Waals surface area (Å²) in [6, 6.07) is 11.2. The third-order valence-corrected chi connectivity index (χ3v) is 9.23. The number of cyclic esters (lactones) is 1. The Kier molecular flexibility index (Phi) is 9.18. The Hall–Kier alpha value is -4.34. The van der Waals surface area contributed by atoms with E-state index in [1.807, 2.05) is 0 Å². The van der Waals surface area contributed by atoms with Crippen LogP contribution in [0, 0.1) is 25.1 Å². The van der Waals surface area contributed by atoms with E-state index in [0.717, 1.165) is 29.7 Å². The predicted molar refractivity (Wildman–Crippen MR) is 171 cm³/mol. The van der Waals surface area contributed by atoms with E-state index in [0.29, 0.717) is 52.0 Å². The molecule has 0 saturated carbocycles. The lowest BCUT2D eigenvalue weighted by Crippen LogP contribution is -2.35. The van der Waals surface area contributed by atoms with Gasteiger partial charge in [-0.15, -0.1) is 0 Å². The van der Waals surface area contributed by atoms with Crippen LogP contribution in [0.2, 0.25) is 0 Å². The van der Waals surface area contributed by atoms with Gasteiger partial charge in [-0.3, -0.25) is 4.90 Å². The highest BCUT2D eigenvalue weighted by atomic mass is 19.4. The third kappa shape index (κ3) is 6.87. The van der Waals surface area contributed by atoms with Crippen molar-refractivity contribution in [3.05, 3.63) is 93.3 Å². The summed E-state index contributed by atoms with van der Waals surface area (Å²) >= 11 is 0. The van der Waals surface area contributed by atoms with E-state index in [1.165, 1.54) is 20.3 Å². The molecule has 2 atom stereocenters. The van der Waals surface area contributed by atoms with Crippen LogP contribution in [0.5, 0.6) is 5.75 Å². The zero-order chi connectivity index (χ0) is 34.4. The third-order valence-electron chi connectivity index (χ3n) is 9.23. The highest BCUT2D eigenvalue weighted by Crippen LogP contribution is 2.47. The highest BCUT2D eigenvalue weighted by molar-refractivity contribution is 5.91. The minimum absolute atomic E-state index is 0.0976. The number of nitrogens with zero attached hydrogens (tertiary/aromatic N) is 1.